The van der Waals surface area contributed by atoms with Crippen LogP contribution < -0.4 is 19.9 Å². The Labute approximate surface area is 197 Å². The molecule has 0 spiro atoms. The second-order valence-corrected chi connectivity index (χ2v) is 7.95. The van der Waals surface area contributed by atoms with E-state index in [9.17, 15) is 0 Å². The number of nitrogens with one attached hydrogen (secondary N) is 1. The molecule has 0 saturated heterocycles. The van der Waals surface area contributed by atoms with Gasteiger partial charge in [0.1, 0.15) is 36.3 Å². The molecule has 0 aliphatic heterocycles. The van der Waals surface area contributed by atoms with Gasteiger partial charge in [0.05, 0.1) is 7.11 Å². The minimum absolute atomic E-state index is 0.0787. The van der Waals surface area contributed by atoms with E-state index >= 15 is 0 Å². The van der Waals surface area contributed by atoms with Crippen LogP contribution in [0.3, 0.4) is 0 Å². The monoisotopic (exact) mass is 446 g/mol. The van der Waals surface area contributed by atoms with Gasteiger partial charge in [0.25, 0.3) is 0 Å². The normalized spacial score (nSPS) is 10.6. The molecule has 3 N–H and O–H groups in total. The Morgan fingerprint density at radius 3 is 2.06 bits per heavy atom. The lowest BCUT2D eigenvalue weighted by Crippen LogP contribution is -2.11. The van der Waals surface area contributed by atoms with Gasteiger partial charge in [-0.1, -0.05) is 63.1 Å². The van der Waals surface area contributed by atoms with E-state index < -0.39 is 0 Å². The highest BCUT2D eigenvalue weighted by molar-refractivity contribution is 5.95. The predicted octanol–water partition coefficient (Wildman–Crippen LogP) is 6.01. The van der Waals surface area contributed by atoms with Crippen molar-refractivity contribution in [2.75, 3.05) is 20.3 Å². The van der Waals surface area contributed by atoms with E-state index in [0.29, 0.717) is 13.2 Å². The van der Waals surface area contributed by atoms with Gasteiger partial charge in [0, 0.05) is 11.1 Å². The fraction of sp³-hybridized carbons (Fsp3) is 0.321. The average molecular weight is 447 g/mol. The highest BCUT2D eigenvalue weighted by atomic mass is 16.5. The molecular weight excluding hydrogens is 412 g/mol. The Balaban J connectivity index is 1.67. The maximum Gasteiger partial charge on any atom is 0.126 e. The molecule has 0 aromatic heterocycles. The van der Waals surface area contributed by atoms with Crippen LogP contribution in [0.2, 0.25) is 0 Å². The quantitative estimate of drug-likeness (QED) is 0.203. The topological polar surface area (TPSA) is 77.6 Å². The zero-order chi connectivity index (χ0) is 23.6. The van der Waals surface area contributed by atoms with E-state index in [1.165, 1.54) is 5.56 Å². The van der Waals surface area contributed by atoms with Gasteiger partial charge in [-0.25, -0.2) is 0 Å². The first-order valence-corrected chi connectivity index (χ1v) is 11.6. The first-order chi connectivity index (χ1) is 16.1. The van der Waals surface area contributed by atoms with Gasteiger partial charge in [0.15, 0.2) is 0 Å². The molecule has 0 saturated carbocycles. The molecule has 0 fully saturated rings. The van der Waals surface area contributed by atoms with Crippen molar-refractivity contribution in [2.24, 2.45) is 5.73 Å². The van der Waals surface area contributed by atoms with Crippen molar-refractivity contribution >= 4 is 5.84 Å². The van der Waals surface area contributed by atoms with Crippen LogP contribution in [0.25, 0.3) is 11.1 Å². The molecule has 5 nitrogen and oxygen atoms in total. The van der Waals surface area contributed by atoms with E-state index in [1.54, 1.807) is 7.11 Å². The summed E-state index contributed by atoms with van der Waals surface area (Å²) < 4.78 is 17.6. The molecule has 0 aliphatic carbocycles. The molecular formula is C28H34N2O3. The number of methoxy groups -OCH3 is 1. The molecule has 0 radical (unpaired) electrons. The van der Waals surface area contributed by atoms with Crippen molar-refractivity contribution in [1.82, 2.24) is 0 Å². The molecule has 174 valence electrons. The van der Waals surface area contributed by atoms with Crippen LogP contribution in [0, 0.1) is 5.41 Å². The summed E-state index contributed by atoms with van der Waals surface area (Å²) in [4.78, 5) is 0. The number of benzene rings is 3. The average Bonchev–Trinajstić information content (AvgIpc) is 2.83. The van der Waals surface area contributed by atoms with E-state index in [2.05, 4.69) is 26.0 Å². The molecule has 5 heteroatoms. The van der Waals surface area contributed by atoms with Crippen LogP contribution in [-0.4, -0.2) is 26.2 Å². The third-order valence-corrected chi connectivity index (χ3v) is 5.52. The second-order valence-electron chi connectivity index (χ2n) is 7.95. The predicted molar refractivity (Wildman–Crippen MR) is 135 cm³/mol. The molecule has 0 aliphatic rings. The molecule has 0 heterocycles. The summed E-state index contributed by atoms with van der Waals surface area (Å²) in [5.41, 5.74) is 10.8. The maximum absolute atomic E-state index is 7.56. The Kier molecular flexibility index (Phi) is 8.76. The SMILES string of the molecule is CCCc1cc(-c2ccc(C(=N)N)cc2)ccc1OCCOc1cccc(OC)c1CCC. The number of nitrogens with two attached hydrogens (primary N) is 1. The Morgan fingerprint density at radius 2 is 1.42 bits per heavy atom. The van der Waals surface area contributed by atoms with Gasteiger partial charge in [0.2, 0.25) is 0 Å². The summed E-state index contributed by atoms with van der Waals surface area (Å²) in [6, 6.07) is 20.0. The van der Waals surface area contributed by atoms with Gasteiger partial charge < -0.3 is 19.9 Å². The maximum atomic E-state index is 7.56. The molecule has 0 atom stereocenters. The highest BCUT2D eigenvalue weighted by Crippen LogP contribution is 2.30. The molecule has 0 amide bonds. The summed E-state index contributed by atoms with van der Waals surface area (Å²) in [6.07, 6.45) is 3.91. The number of rotatable bonds is 12. The number of nitrogen functional groups attached to an aromatic ring is 1. The standard InChI is InChI=1S/C28H34N2O3/c1-4-7-23-19-22(20-11-13-21(14-12-20)28(29)30)15-16-25(23)32-17-18-33-27-10-6-9-26(31-3)24(27)8-5-2/h6,9-16,19H,4-5,7-8,17-18H2,1-3H3,(H3,29,30). The fourth-order valence-corrected chi connectivity index (χ4v) is 3.88. The van der Waals surface area contributed by atoms with E-state index in [0.717, 1.165) is 65.2 Å². The van der Waals surface area contributed by atoms with Crippen LogP contribution in [0.15, 0.2) is 60.7 Å². The second kappa shape index (κ2) is 12.0. The van der Waals surface area contributed by atoms with Gasteiger partial charge in [-0.15, -0.1) is 0 Å². The Morgan fingerprint density at radius 1 is 0.788 bits per heavy atom. The zero-order valence-electron chi connectivity index (χ0n) is 19.8. The Hall–Kier alpha value is -3.47. The van der Waals surface area contributed by atoms with Gasteiger partial charge in [-0.05, 0) is 53.8 Å². The van der Waals surface area contributed by atoms with Gasteiger partial charge in [-0.3, -0.25) is 5.41 Å². The Bertz CT molecular complexity index is 1060. The summed E-state index contributed by atoms with van der Waals surface area (Å²) >= 11 is 0. The van der Waals surface area contributed by atoms with Crippen LogP contribution >= 0.6 is 0 Å². The lowest BCUT2D eigenvalue weighted by Gasteiger charge is -2.16. The molecule has 3 aromatic carbocycles. The highest BCUT2D eigenvalue weighted by Gasteiger charge is 2.11. The fourth-order valence-electron chi connectivity index (χ4n) is 3.88. The van der Waals surface area contributed by atoms with E-state index in [4.69, 9.17) is 25.4 Å². The first-order valence-electron chi connectivity index (χ1n) is 11.6. The molecule has 33 heavy (non-hydrogen) atoms. The summed E-state index contributed by atoms with van der Waals surface area (Å²) in [5.74, 6) is 2.70. The van der Waals surface area contributed by atoms with Gasteiger partial charge >= 0.3 is 0 Å². The lowest BCUT2D eigenvalue weighted by molar-refractivity contribution is 0.214. The van der Waals surface area contributed by atoms with Crippen molar-refractivity contribution < 1.29 is 14.2 Å². The number of ether oxygens (including phenoxy) is 3. The van der Waals surface area contributed by atoms with Crippen LogP contribution in [0.5, 0.6) is 17.2 Å². The third kappa shape index (κ3) is 6.28. The van der Waals surface area contributed by atoms with E-state index in [1.807, 2.05) is 48.5 Å². The number of amidine groups is 1. The van der Waals surface area contributed by atoms with Crippen molar-refractivity contribution in [3.05, 3.63) is 77.4 Å². The van der Waals surface area contributed by atoms with Crippen molar-refractivity contribution in [3.8, 4) is 28.4 Å². The molecule has 3 rings (SSSR count). The molecule has 0 bridgehead atoms. The first kappa shape index (κ1) is 24.2. The minimum atomic E-state index is 0.0787. The minimum Gasteiger partial charge on any atom is -0.496 e. The van der Waals surface area contributed by atoms with E-state index in [-0.39, 0.29) is 5.84 Å². The molecule has 0 unspecified atom stereocenters. The van der Waals surface area contributed by atoms with Crippen molar-refractivity contribution in [3.63, 3.8) is 0 Å². The third-order valence-electron chi connectivity index (χ3n) is 5.52. The number of hydrogen-bond acceptors (Lipinski definition) is 4. The number of aryl methyl sites for hydroxylation is 1. The van der Waals surface area contributed by atoms with Crippen molar-refractivity contribution in [2.45, 2.75) is 39.5 Å². The smallest absolute Gasteiger partial charge is 0.126 e. The zero-order valence-corrected chi connectivity index (χ0v) is 19.8. The van der Waals surface area contributed by atoms with Crippen molar-refractivity contribution in [1.29, 1.82) is 5.41 Å². The summed E-state index contributed by atoms with van der Waals surface area (Å²) in [6.45, 7) is 5.24. The number of hydrogen-bond donors (Lipinski definition) is 2. The van der Waals surface area contributed by atoms with Crippen LogP contribution in [0.4, 0.5) is 0 Å². The largest absolute Gasteiger partial charge is 0.496 e. The summed E-state index contributed by atoms with van der Waals surface area (Å²) in [7, 11) is 1.69. The van der Waals surface area contributed by atoms with Gasteiger partial charge in [-0.2, -0.15) is 0 Å². The summed E-state index contributed by atoms with van der Waals surface area (Å²) in [5, 5.41) is 7.56. The molecule has 3 aromatic rings. The lowest BCUT2D eigenvalue weighted by atomic mass is 9.99. The van der Waals surface area contributed by atoms with Crippen LogP contribution in [0.1, 0.15) is 43.4 Å². The van der Waals surface area contributed by atoms with Crippen LogP contribution in [-0.2, 0) is 12.8 Å².